The zero-order chi connectivity index (χ0) is 17.0. The van der Waals surface area contributed by atoms with Crippen molar-refractivity contribution in [3.05, 3.63) is 0 Å². The molecule has 0 N–H and O–H groups in total. The van der Waals surface area contributed by atoms with Gasteiger partial charge in [-0.2, -0.15) is 0 Å². The zero-order valence-corrected chi connectivity index (χ0v) is 14.3. The van der Waals surface area contributed by atoms with E-state index in [1.807, 2.05) is 0 Å². The van der Waals surface area contributed by atoms with Crippen molar-refractivity contribution in [2.75, 3.05) is 13.2 Å². The van der Waals surface area contributed by atoms with Gasteiger partial charge in [0.05, 0.1) is 6.04 Å². The molecule has 0 atom stereocenters. The van der Waals surface area contributed by atoms with Gasteiger partial charge in [0, 0.05) is 13.2 Å². The molecule has 0 aromatic heterocycles. The molecule has 0 aliphatic carbocycles. The van der Waals surface area contributed by atoms with E-state index >= 15 is 0 Å². The van der Waals surface area contributed by atoms with Crippen LogP contribution in [-0.4, -0.2) is 47.8 Å². The second-order valence-corrected chi connectivity index (χ2v) is 7.21. The lowest BCUT2D eigenvalue weighted by Gasteiger charge is -2.33. The molecule has 7 nitrogen and oxygen atoms in total. The van der Waals surface area contributed by atoms with Gasteiger partial charge in [-0.15, -0.1) is 5.06 Å². The predicted octanol–water partition coefficient (Wildman–Crippen LogP) is 3.27. The lowest BCUT2D eigenvalue weighted by atomic mass is 10.1. The summed E-state index contributed by atoms with van der Waals surface area (Å²) < 4.78 is 15.7. The molecule has 0 unspecified atom stereocenters. The van der Waals surface area contributed by atoms with Gasteiger partial charge >= 0.3 is 12.2 Å². The van der Waals surface area contributed by atoms with Crippen molar-refractivity contribution in [2.24, 2.45) is 0 Å². The minimum Gasteiger partial charge on any atom is -0.442 e. The lowest BCUT2D eigenvalue weighted by Crippen LogP contribution is -2.47. The Labute approximate surface area is 131 Å². The van der Waals surface area contributed by atoms with E-state index in [4.69, 9.17) is 19.0 Å². The summed E-state index contributed by atoms with van der Waals surface area (Å²) in [5, 5.41) is 0.974. The van der Waals surface area contributed by atoms with E-state index < -0.39 is 23.5 Å². The van der Waals surface area contributed by atoms with Crippen molar-refractivity contribution in [3.8, 4) is 0 Å². The third-order valence-electron chi connectivity index (χ3n) is 2.66. The van der Waals surface area contributed by atoms with Crippen LogP contribution in [0.3, 0.4) is 0 Å². The van der Waals surface area contributed by atoms with Crippen molar-refractivity contribution in [1.29, 1.82) is 0 Å². The number of hydrogen-bond acceptors (Lipinski definition) is 6. The van der Waals surface area contributed by atoms with Crippen molar-refractivity contribution < 1.29 is 28.6 Å². The van der Waals surface area contributed by atoms with E-state index in [9.17, 15) is 9.59 Å². The fourth-order valence-electron chi connectivity index (χ4n) is 1.84. The molecule has 0 saturated carbocycles. The van der Waals surface area contributed by atoms with Crippen LogP contribution in [0.15, 0.2) is 0 Å². The topological polar surface area (TPSA) is 74.3 Å². The molecule has 1 saturated heterocycles. The Morgan fingerprint density at radius 3 is 1.91 bits per heavy atom. The standard InChI is InChI=1S/C15H27NO6/c1-14(2,3)20-12(17)16(11-7-9-19-10-8-11)22-13(18)21-15(4,5)6/h11H,7-10H2,1-6H3. The van der Waals surface area contributed by atoms with Crippen LogP contribution in [-0.2, 0) is 19.0 Å². The van der Waals surface area contributed by atoms with Gasteiger partial charge in [0.15, 0.2) is 0 Å². The largest absolute Gasteiger partial charge is 0.534 e. The summed E-state index contributed by atoms with van der Waals surface area (Å²) in [6.45, 7) is 11.4. The van der Waals surface area contributed by atoms with Gasteiger partial charge in [0.25, 0.3) is 0 Å². The highest BCUT2D eigenvalue weighted by Crippen LogP contribution is 2.20. The van der Waals surface area contributed by atoms with Crippen LogP contribution in [0.4, 0.5) is 9.59 Å². The number of hydrogen-bond donors (Lipinski definition) is 0. The van der Waals surface area contributed by atoms with Crippen LogP contribution in [0.2, 0.25) is 0 Å². The molecule has 1 amide bonds. The molecule has 1 rings (SSSR count). The summed E-state index contributed by atoms with van der Waals surface area (Å²) in [4.78, 5) is 29.3. The Balaban J connectivity index is 2.77. The second kappa shape index (κ2) is 7.17. The number of ether oxygens (including phenoxy) is 3. The quantitative estimate of drug-likeness (QED) is 0.546. The third-order valence-corrected chi connectivity index (χ3v) is 2.66. The van der Waals surface area contributed by atoms with Crippen LogP contribution in [0.25, 0.3) is 0 Å². The SMILES string of the molecule is CC(C)(C)OC(=O)ON(C(=O)OC(C)(C)C)C1CCOCC1. The van der Waals surface area contributed by atoms with Crippen molar-refractivity contribution in [1.82, 2.24) is 5.06 Å². The van der Waals surface area contributed by atoms with Gasteiger partial charge in [-0.1, -0.05) is 0 Å². The molecule has 1 aliphatic heterocycles. The Morgan fingerprint density at radius 1 is 0.955 bits per heavy atom. The normalized spacial score (nSPS) is 16.8. The molecule has 7 heteroatoms. The fourth-order valence-corrected chi connectivity index (χ4v) is 1.84. The number of nitrogens with zero attached hydrogens (tertiary/aromatic N) is 1. The molecule has 0 aromatic rings. The Bertz CT molecular complexity index is 390. The molecular weight excluding hydrogens is 290 g/mol. The van der Waals surface area contributed by atoms with Gasteiger partial charge < -0.3 is 14.2 Å². The number of hydroxylamine groups is 2. The maximum absolute atomic E-state index is 12.3. The summed E-state index contributed by atoms with van der Waals surface area (Å²) in [5.41, 5.74) is -1.38. The Hall–Kier alpha value is -1.50. The van der Waals surface area contributed by atoms with Crippen molar-refractivity contribution >= 4 is 12.2 Å². The summed E-state index contributed by atoms with van der Waals surface area (Å²) in [6.07, 6.45) is -0.487. The smallest absolute Gasteiger partial charge is 0.442 e. The monoisotopic (exact) mass is 317 g/mol. The van der Waals surface area contributed by atoms with E-state index in [2.05, 4.69) is 0 Å². The van der Waals surface area contributed by atoms with Gasteiger partial charge in [-0.3, -0.25) is 4.84 Å². The highest BCUT2D eigenvalue weighted by Gasteiger charge is 2.34. The van der Waals surface area contributed by atoms with Crippen molar-refractivity contribution in [2.45, 2.75) is 71.6 Å². The molecule has 128 valence electrons. The van der Waals surface area contributed by atoms with Crippen molar-refractivity contribution in [3.63, 3.8) is 0 Å². The van der Waals surface area contributed by atoms with Gasteiger partial charge in [0.2, 0.25) is 0 Å². The maximum atomic E-state index is 12.3. The van der Waals surface area contributed by atoms with Gasteiger partial charge in [0.1, 0.15) is 11.2 Å². The molecular formula is C15H27NO6. The van der Waals surface area contributed by atoms with Crippen LogP contribution in [0.5, 0.6) is 0 Å². The molecule has 0 radical (unpaired) electrons. The first-order valence-electron chi connectivity index (χ1n) is 7.49. The predicted molar refractivity (Wildman–Crippen MR) is 79.2 cm³/mol. The second-order valence-electron chi connectivity index (χ2n) is 7.21. The van der Waals surface area contributed by atoms with Gasteiger partial charge in [-0.05, 0) is 54.4 Å². The maximum Gasteiger partial charge on any atom is 0.534 e. The first-order chi connectivity index (χ1) is 9.98. The highest BCUT2D eigenvalue weighted by molar-refractivity contribution is 5.70. The molecule has 1 heterocycles. The summed E-state index contributed by atoms with van der Waals surface area (Å²) >= 11 is 0. The van der Waals surface area contributed by atoms with E-state index in [0.29, 0.717) is 26.1 Å². The van der Waals surface area contributed by atoms with Crippen LogP contribution in [0.1, 0.15) is 54.4 Å². The Kier molecular flexibility index (Phi) is 6.05. The summed E-state index contributed by atoms with van der Waals surface area (Å²) in [6, 6.07) is -0.281. The minimum absolute atomic E-state index is 0.281. The van der Waals surface area contributed by atoms with Crippen LogP contribution in [0, 0.1) is 0 Å². The highest BCUT2D eigenvalue weighted by atomic mass is 16.8. The van der Waals surface area contributed by atoms with E-state index in [-0.39, 0.29) is 6.04 Å². The summed E-state index contributed by atoms with van der Waals surface area (Å²) in [7, 11) is 0. The fraction of sp³-hybridized carbons (Fsp3) is 0.867. The molecule has 1 fully saturated rings. The van der Waals surface area contributed by atoms with E-state index in [0.717, 1.165) is 5.06 Å². The molecule has 22 heavy (non-hydrogen) atoms. The summed E-state index contributed by atoms with van der Waals surface area (Å²) in [5.74, 6) is 0. The molecule has 0 spiro atoms. The number of amides is 1. The average Bonchev–Trinajstić information content (AvgIpc) is 2.32. The molecule has 0 aromatic carbocycles. The first kappa shape index (κ1) is 18.5. The van der Waals surface area contributed by atoms with E-state index in [1.54, 1.807) is 41.5 Å². The number of carbonyl (C=O) groups excluding carboxylic acids is 2. The lowest BCUT2D eigenvalue weighted by molar-refractivity contribution is -0.167. The molecule has 0 bridgehead atoms. The van der Waals surface area contributed by atoms with E-state index in [1.165, 1.54) is 0 Å². The minimum atomic E-state index is -0.926. The number of rotatable bonds is 1. The number of carbonyl (C=O) groups is 2. The molecule has 1 aliphatic rings. The first-order valence-corrected chi connectivity index (χ1v) is 7.49. The zero-order valence-electron chi connectivity index (χ0n) is 14.3. The van der Waals surface area contributed by atoms with Gasteiger partial charge in [-0.25, -0.2) is 9.59 Å². The van der Waals surface area contributed by atoms with Crippen LogP contribution < -0.4 is 0 Å². The third kappa shape index (κ3) is 6.98. The average molecular weight is 317 g/mol. The Morgan fingerprint density at radius 2 is 1.45 bits per heavy atom. The van der Waals surface area contributed by atoms with Crippen LogP contribution >= 0.6 is 0 Å².